The lowest BCUT2D eigenvalue weighted by molar-refractivity contribution is -0.129. The molecule has 2 aliphatic carbocycles. The molecule has 1 amide bonds. The van der Waals surface area contributed by atoms with Crippen molar-refractivity contribution < 1.29 is 4.79 Å². The maximum Gasteiger partial charge on any atom is 0.224 e. The largest absolute Gasteiger partial charge is 0.345 e. The average Bonchev–Trinajstić information content (AvgIpc) is 3.20. The third kappa shape index (κ3) is 2.45. The molecule has 0 aromatic heterocycles. The summed E-state index contributed by atoms with van der Waals surface area (Å²) >= 11 is 0. The Morgan fingerprint density at radius 2 is 2.05 bits per heavy atom. The summed E-state index contributed by atoms with van der Waals surface area (Å²) < 4.78 is 0. The van der Waals surface area contributed by atoms with Gasteiger partial charge in [-0.2, -0.15) is 0 Å². The minimum absolute atomic E-state index is 0.210. The maximum atomic E-state index is 12.9. The molecule has 22 heavy (non-hydrogen) atoms. The van der Waals surface area contributed by atoms with Gasteiger partial charge in [-0.15, -0.1) is 0 Å². The van der Waals surface area contributed by atoms with E-state index in [0.29, 0.717) is 11.8 Å². The topological polar surface area (TPSA) is 41.1 Å². The Hall–Kier alpha value is -1.35. The fourth-order valence-electron chi connectivity index (χ4n) is 4.98. The second-order valence-corrected chi connectivity index (χ2v) is 7.50. The van der Waals surface area contributed by atoms with Crippen LogP contribution in [0.2, 0.25) is 0 Å². The molecule has 3 unspecified atom stereocenters. The molecular weight excluding hydrogens is 272 g/mol. The molecule has 2 saturated carbocycles. The molecule has 0 spiro atoms. The van der Waals surface area contributed by atoms with Gasteiger partial charge in [0.25, 0.3) is 0 Å². The van der Waals surface area contributed by atoms with Crippen molar-refractivity contribution in [2.75, 3.05) is 13.1 Å². The van der Waals surface area contributed by atoms with Gasteiger partial charge < -0.3 is 10.6 Å². The zero-order chi connectivity index (χ0) is 15.0. The van der Waals surface area contributed by atoms with Crippen LogP contribution in [0, 0.1) is 17.8 Å². The van der Waals surface area contributed by atoms with Crippen LogP contribution >= 0.6 is 0 Å². The van der Waals surface area contributed by atoms with Crippen LogP contribution in [-0.4, -0.2) is 19.0 Å². The molecule has 1 aromatic rings. The van der Waals surface area contributed by atoms with E-state index in [2.05, 4.69) is 34.9 Å². The maximum absolute atomic E-state index is 12.9. The number of benzene rings is 1. The molecule has 3 aliphatic rings. The van der Waals surface area contributed by atoms with E-state index >= 15 is 0 Å². The lowest BCUT2D eigenvalue weighted by atomic mass is 9.81. The van der Waals surface area contributed by atoms with E-state index in [4.69, 9.17) is 0 Å². The number of carbonyl (C=O) groups excluding carboxylic acids is 1. The van der Waals surface area contributed by atoms with Gasteiger partial charge in [-0.1, -0.05) is 36.8 Å². The van der Waals surface area contributed by atoms with Crippen LogP contribution in [-0.2, 0) is 10.3 Å². The van der Waals surface area contributed by atoms with Gasteiger partial charge in [0.1, 0.15) is 0 Å². The Morgan fingerprint density at radius 1 is 1.18 bits per heavy atom. The van der Waals surface area contributed by atoms with Crippen molar-refractivity contribution in [3.8, 4) is 0 Å². The number of nitrogens with one attached hydrogen (secondary N) is 2. The van der Waals surface area contributed by atoms with Gasteiger partial charge >= 0.3 is 0 Å². The summed E-state index contributed by atoms with van der Waals surface area (Å²) in [5, 5.41) is 6.96. The minimum atomic E-state index is -0.210. The zero-order valence-electron chi connectivity index (χ0n) is 13.2. The molecule has 1 aromatic carbocycles. The first kappa shape index (κ1) is 14.3. The third-order valence-electron chi connectivity index (χ3n) is 6.15. The van der Waals surface area contributed by atoms with Crippen LogP contribution < -0.4 is 10.6 Å². The van der Waals surface area contributed by atoms with Gasteiger partial charge in [-0.3, -0.25) is 4.79 Å². The first-order chi connectivity index (χ1) is 10.8. The fourth-order valence-corrected chi connectivity index (χ4v) is 4.98. The van der Waals surface area contributed by atoms with Crippen molar-refractivity contribution in [3.05, 3.63) is 35.9 Å². The summed E-state index contributed by atoms with van der Waals surface area (Å²) in [5.41, 5.74) is 1.04. The lowest BCUT2D eigenvalue weighted by Crippen LogP contribution is -2.56. The number of fused-ring (bicyclic) bond motifs is 2. The van der Waals surface area contributed by atoms with Crippen molar-refractivity contribution in [3.63, 3.8) is 0 Å². The number of hydrogen-bond acceptors (Lipinski definition) is 2. The van der Waals surface area contributed by atoms with E-state index in [1.807, 2.05) is 6.07 Å². The summed E-state index contributed by atoms with van der Waals surface area (Å²) in [6.45, 7) is 1.90. The molecular formula is C19H26N2O. The number of piperidine rings is 1. The van der Waals surface area contributed by atoms with Gasteiger partial charge in [0.2, 0.25) is 5.91 Å². The first-order valence-electron chi connectivity index (χ1n) is 8.85. The molecule has 1 heterocycles. The van der Waals surface area contributed by atoms with Crippen LogP contribution in [0.4, 0.5) is 0 Å². The van der Waals surface area contributed by atoms with Gasteiger partial charge in [0.15, 0.2) is 0 Å². The number of rotatable bonds is 3. The standard InChI is InChI=1S/C19H26N2O/c22-18(17-12-14-7-8-15(17)11-14)21-19(9-4-10-20-13-19)16-5-2-1-3-6-16/h1-3,5-6,14-15,17,20H,4,7-13H2,(H,21,22)/t14?,15?,17?,19-/m1/s1. The molecule has 3 fully saturated rings. The quantitative estimate of drug-likeness (QED) is 0.901. The van der Waals surface area contributed by atoms with Crippen molar-refractivity contribution in [2.45, 2.75) is 44.1 Å². The molecule has 3 heteroatoms. The molecule has 4 rings (SSSR count). The number of hydrogen-bond donors (Lipinski definition) is 2. The monoisotopic (exact) mass is 298 g/mol. The number of amides is 1. The van der Waals surface area contributed by atoms with Crippen molar-refractivity contribution >= 4 is 5.91 Å². The SMILES string of the molecule is O=C(N[C@]1(c2ccccc2)CCCNC1)C1CC2CCC1C2. The average molecular weight is 298 g/mol. The van der Waals surface area contributed by atoms with Crippen LogP contribution in [0.5, 0.6) is 0 Å². The zero-order valence-corrected chi connectivity index (χ0v) is 13.2. The van der Waals surface area contributed by atoms with E-state index < -0.39 is 0 Å². The van der Waals surface area contributed by atoms with Crippen LogP contribution in [0.3, 0.4) is 0 Å². The Labute approximate surface area is 132 Å². The minimum Gasteiger partial charge on any atom is -0.345 e. The third-order valence-corrected chi connectivity index (χ3v) is 6.15. The molecule has 4 atom stereocenters. The smallest absolute Gasteiger partial charge is 0.224 e. The Kier molecular flexibility index (Phi) is 3.69. The molecule has 118 valence electrons. The second kappa shape index (κ2) is 5.69. The van der Waals surface area contributed by atoms with E-state index in [1.54, 1.807) is 0 Å². The van der Waals surface area contributed by atoms with Gasteiger partial charge in [-0.25, -0.2) is 0 Å². The summed E-state index contributed by atoms with van der Waals surface area (Å²) in [5.74, 6) is 2.04. The van der Waals surface area contributed by atoms with E-state index in [1.165, 1.54) is 24.8 Å². The highest BCUT2D eigenvalue weighted by molar-refractivity contribution is 5.80. The molecule has 2 N–H and O–H groups in total. The summed E-state index contributed by atoms with van der Waals surface area (Å²) in [7, 11) is 0. The predicted molar refractivity (Wildman–Crippen MR) is 87.3 cm³/mol. The molecule has 1 aliphatic heterocycles. The Morgan fingerprint density at radius 3 is 2.68 bits per heavy atom. The van der Waals surface area contributed by atoms with Gasteiger partial charge in [0.05, 0.1) is 5.54 Å². The molecule has 0 radical (unpaired) electrons. The summed E-state index contributed by atoms with van der Waals surface area (Å²) in [6.07, 6.45) is 7.17. The predicted octanol–water partition coefficient (Wildman–Crippen LogP) is 2.82. The first-order valence-corrected chi connectivity index (χ1v) is 8.85. The van der Waals surface area contributed by atoms with Crippen molar-refractivity contribution in [1.29, 1.82) is 0 Å². The van der Waals surface area contributed by atoms with Crippen molar-refractivity contribution in [1.82, 2.24) is 10.6 Å². The molecule has 1 saturated heterocycles. The molecule has 2 bridgehead atoms. The van der Waals surface area contributed by atoms with E-state index in [0.717, 1.165) is 38.3 Å². The Bertz CT molecular complexity index is 536. The highest BCUT2D eigenvalue weighted by atomic mass is 16.2. The van der Waals surface area contributed by atoms with E-state index in [-0.39, 0.29) is 11.5 Å². The number of carbonyl (C=O) groups is 1. The second-order valence-electron chi connectivity index (χ2n) is 7.50. The molecule has 3 nitrogen and oxygen atoms in total. The highest BCUT2D eigenvalue weighted by Crippen LogP contribution is 2.48. The fraction of sp³-hybridized carbons (Fsp3) is 0.632. The highest BCUT2D eigenvalue weighted by Gasteiger charge is 2.45. The van der Waals surface area contributed by atoms with Crippen LogP contribution in [0.15, 0.2) is 30.3 Å². The van der Waals surface area contributed by atoms with Crippen LogP contribution in [0.1, 0.15) is 44.1 Å². The summed E-state index contributed by atoms with van der Waals surface area (Å²) in [4.78, 5) is 12.9. The van der Waals surface area contributed by atoms with Crippen LogP contribution in [0.25, 0.3) is 0 Å². The normalized spacial score (nSPS) is 37.2. The lowest BCUT2D eigenvalue weighted by Gasteiger charge is -2.40. The van der Waals surface area contributed by atoms with Gasteiger partial charge in [0, 0.05) is 12.5 Å². The van der Waals surface area contributed by atoms with Crippen molar-refractivity contribution in [2.24, 2.45) is 17.8 Å². The Balaban J connectivity index is 1.55. The van der Waals surface area contributed by atoms with E-state index in [9.17, 15) is 4.79 Å². The summed E-state index contributed by atoms with van der Waals surface area (Å²) in [6, 6.07) is 10.5. The van der Waals surface area contributed by atoms with Gasteiger partial charge in [-0.05, 0) is 56.0 Å².